The summed E-state index contributed by atoms with van der Waals surface area (Å²) in [5.41, 5.74) is 3.06. The van der Waals surface area contributed by atoms with Gasteiger partial charge in [0, 0.05) is 32.7 Å². The first-order valence-corrected chi connectivity index (χ1v) is 13.0. The SMILES string of the molecule is CC(O)Oc1ccc2c(c1)C(=O)CC1[C@@H](C)CCC[C@]21C.CCNC(=O)OCc1ccccc1.COC. The van der Waals surface area contributed by atoms with Crippen LogP contribution in [0.3, 0.4) is 0 Å². The van der Waals surface area contributed by atoms with Gasteiger partial charge in [-0.3, -0.25) is 4.79 Å². The Morgan fingerprint density at radius 2 is 1.86 bits per heavy atom. The van der Waals surface area contributed by atoms with Crippen LogP contribution >= 0.6 is 0 Å². The minimum atomic E-state index is -0.861. The van der Waals surface area contributed by atoms with Crippen molar-refractivity contribution in [2.75, 3.05) is 20.8 Å². The zero-order chi connectivity index (χ0) is 27.4. The molecule has 2 N–H and O–H groups in total. The van der Waals surface area contributed by atoms with Gasteiger partial charge in [0.15, 0.2) is 12.1 Å². The number of fused-ring (bicyclic) bond motifs is 3. The molecule has 1 amide bonds. The second-order valence-corrected chi connectivity index (χ2v) is 9.95. The number of carbonyl (C=O) groups is 2. The number of rotatable bonds is 5. The summed E-state index contributed by atoms with van der Waals surface area (Å²) < 4.78 is 14.5. The number of hydrogen-bond donors (Lipinski definition) is 2. The molecule has 204 valence electrons. The van der Waals surface area contributed by atoms with Gasteiger partial charge in [-0.2, -0.15) is 0 Å². The molecule has 2 aromatic carbocycles. The predicted molar refractivity (Wildman–Crippen MR) is 145 cm³/mol. The van der Waals surface area contributed by atoms with Gasteiger partial charge in [0.2, 0.25) is 0 Å². The second-order valence-electron chi connectivity index (χ2n) is 9.95. The number of nitrogens with one attached hydrogen (secondary N) is 1. The van der Waals surface area contributed by atoms with Crippen molar-refractivity contribution in [3.8, 4) is 5.75 Å². The molecule has 0 aromatic heterocycles. The molecule has 0 saturated heterocycles. The number of ether oxygens (including phenoxy) is 3. The fourth-order valence-corrected chi connectivity index (χ4v) is 5.32. The van der Waals surface area contributed by atoms with E-state index in [2.05, 4.69) is 23.9 Å². The molecule has 1 saturated carbocycles. The molecule has 2 aromatic rings. The van der Waals surface area contributed by atoms with E-state index in [9.17, 15) is 14.7 Å². The van der Waals surface area contributed by atoms with Gasteiger partial charge in [-0.1, -0.05) is 63.1 Å². The zero-order valence-corrected chi connectivity index (χ0v) is 23.1. The summed E-state index contributed by atoms with van der Waals surface area (Å²) in [7, 11) is 3.25. The summed E-state index contributed by atoms with van der Waals surface area (Å²) in [5.74, 6) is 1.85. The molecule has 37 heavy (non-hydrogen) atoms. The average Bonchev–Trinajstić information content (AvgIpc) is 2.86. The molecule has 7 heteroatoms. The van der Waals surface area contributed by atoms with E-state index in [4.69, 9.17) is 9.47 Å². The van der Waals surface area contributed by atoms with Gasteiger partial charge in [0.1, 0.15) is 12.4 Å². The summed E-state index contributed by atoms with van der Waals surface area (Å²) in [6.45, 7) is 8.94. The van der Waals surface area contributed by atoms with Crippen molar-refractivity contribution in [1.29, 1.82) is 0 Å². The molecular weight excluding hydrogens is 470 g/mol. The van der Waals surface area contributed by atoms with Crippen LogP contribution in [0.4, 0.5) is 4.79 Å². The quantitative estimate of drug-likeness (QED) is 0.485. The van der Waals surface area contributed by atoms with Crippen LogP contribution in [0.5, 0.6) is 5.75 Å². The highest BCUT2D eigenvalue weighted by atomic mass is 16.6. The smallest absolute Gasteiger partial charge is 0.407 e. The zero-order valence-electron chi connectivity index (χ0n) is 23.1. The van der Waals surface area contributed by atoms with Gasteiger partial charge in [0.05, 0.1) is 0 Å². The minimum absolute atomic E-state index is 0.101. The molecule has 2 aliphatic rings. The average molecular weight is 514 g/mol. The maximum Gasteiger partial charge on any atom is 0.407 e. The highest BCUT2D eigenvalue weighted by Gasteiger charge is 2.47. The van der Waals surface area contributed by atoms with Crippen molar-refractivity contribution >= 4 is 11.9 Å². The lowest BCUT2D eigenvalue weighted by molar-refractivity contribution is -0.000486. The highest BCUT2D eigenvalue weighted by Crippen LogP contribution is 2.52. The normalized spacial score (nSPS) is 22.5. The first-order valence-electron chi connectivity index (χ1n) is 13.0. The third kappa shape index (κ3) is 8.58. The number of amides is 1. The summed E-state index contributed by atoms with van der Waals surface area (Å²) in [6, 6.07) is 15.3. The molecule has 1 fully saturated rings. The summed E-state index contributed by atoms with van der Waals surface area (Å²) in [4.78, 5) is 23.4. The Morgan fingerprint density at radius 1 is 1.19 bits per heavy atom. The molecule has 4 atom stereocenters. The van der Waals surface area contributed by atoms with Crippen molar-refractivity contribution in [1.82, 2.24) is 5.32 Å². The third-order valence-electron chi connectivity index (χ3n) is 7.01. The Morgan fingerprint density at radius 3 is 2.49 bits per heavy atom. The van der Waals surface area contributed by atoms with E-state index in [1.54, 1.807) is 21.1 Å². The maximum atomic E-state index is 12.5. The summed E-state index contributed by atoms with van der Waals surface area (Å²) in [5, 5.41) is 11.9. The Balaban J connectivity index is 0.000000258. The van der Waals surface area contributed by atoms with E-state index in [0.717, 1.165) is 17.5 Å². The molecule has 0 spiro atoms. The predicted octanol–water partition coefficient (Wildman–Crippen LogP) is 5.88. The van der Waals surface area contributed by atoms with Crippen molar-refractivity contribution in [3.05, 3.63) is 65.2 Å². The van der Waals surface area contributed by atoms with Crippen LogP contribution in [0, 0.1) is 11.8 Å². The van der Waals surface area contributed by atoms with Gasteiger partial charge in [-0.25, -0.2) is 4.79 Å². The van der Waals surface area contributed by atoms with Crippen molar-refractivity contribution in [2.24, 2.45) is 11.8 Å². The molecule has 7 nitrogen and oxygen atoms in total. The lowest BCUT2D eigenvalue weighted by Gasteiger charge is -2.49. The highest BCUT2D eigenvalue weighted by molar-refractivity contribution is 6.00. The topological polar surface area (TPSA) is 94.1 Å². The number of methoxy groups -OCH3 is 1. The largest absolute Gasteiger partial charge is 0.465 e. The van der Waals surface area contributed by atoms with E-state index in [1.807, 2.05) is 55.5 Å². The van der Waals surface area contributed by atoms with Crippen molar-refractivity contribution in [2.45, 2.75) is 71.7 Å². The van der Waals surface area contributed by atoms with Crippen LogP contribution in [0.1, 0.15) is 74.9 Å². The van der Waals surface area contributed by atoms with Crippen LogP contribution < -0.4 is 10.1 Å². The van der Waals surface area contributed by atoms with Crippen molar-refractivity contribution < 1.29 is 28.9 Å². The third-order valence-corrected chi connectivity index (χ3v) is 7.01. The lowest BCUT2D eigenvalue weighted by atomic mass is 9.55. The molecule has 4 rings (SSSR count). The van der Waals surface area contributed by atoms with Crippen LogP contribution in [0.15, 0.2) is 48.5 Å². The monoisotopic (exact) mass is 513 g/mol. The summed E-state index contributed by atoms with van der Waals surface area (Å²) in [6.07, 6.45) is 3.02. The molecule has 0 radical (unpaired) electrons. The van der Waals surface area contributed by atoms with Crippen LogP contribution in [-0.2, 0) is 21.5 Å². The minimum Gasteiger partial charge on any atom is -0.465 e. The number of carbonyl (C=O) groups excluding carboxylic acids is 2. The number of alkyl carbamates (subject to hydrolysis) is 1. The standard InChI is InChI=1S/C18H24O3.C10H13NO2.C2H6O/c1-11-5-4-8-18(3)15-7-6-13(21-12(2)19)9-14(15)17(20)10-16(11)18;1-2-11-10(12)13-8-9-6-4-3-5-7-9;1-3-2/h6-7,9,11-12,16,19H,4-5,8,10H2,1-3H3;3-7H,2,8H2,1H3,(H,11,12);1-2H3/t11-,12?,16?,18+;;/m0../s1. The Bertz CT molecular complexity index is 993. The van der Waals surface area contributed by atoms with Gasteiger partial charge >= 0.3 is 6.09 Å². The van der Waals surface area contributed by atoms with Gasteiger partial charge in [-0.15, -0.1) is 0 Å². The summed E-state index contributed by atoms with van der Waals surface area (Å²) >= 11 is 0. The van der Waals surface area contributed by atoms with E-state index in [-0.39, 0.29) is 17.3 Å². The van der Waals surface area contributed by atoms with Crippen molar-refractivity contribution in [3.63, 3.8) is 0 Å². The molecule has 0 aliphatic heterocycles. The molecule has 0 bridgehead atoms. The lowest BCUT2D eigenvalue weighted by Crippen LogP contribution is -2.45. The number of ketones is 1. The van der Waals surface area contributed by atoms with Gasteiger partial charge < -0.3 is 24.6 Å². The molecular formula is C30H43NO6. The maximum absolute atomic E-state index is 12.5. The first kappa shape index (κ1) is 30.3. The number of Topliss-reactive ketones (excluding diaryl/α,β-unsaturated/α-hetero) is 1. The molecule has 2 unspecified atom stereocenters. The number of aliphatic hydroxyl groups is 1. The number of aliphatic hydroxyl groups excluding tert-OH is 1. The number of benzene rings is 2. The van der Waals surface area contributed by atoms with Crippen LogP contribution in [0.2, 0.25) is 0 Å². The van der Waals surface area contributed by atoms with Crippen LogP contribution in [0.25, 0.3) is 0 Å². The van der Waals surface area contributed by atoms with E-state index in [0.29, 0.717) is 37.2 Å². The number of hydrogen-bond acceptors (Lipinski definition) is 6. The fourth-order valence-electron chi connectivity index (χ4n) is 5.32. The Kier molecular flexibility index (Phi) is 12.1. The van der Waals surface area contributed by atoms with Gasteiger partial charge in [-0.05, 0) is 60.8 Å². The van der Waals surface area contributed by atoms with E-state index < -0.39 is 6.29 Å². The molecule has 2 aliphatic carbocycles. The fraction of sp³-hybridized carbons (Fsp3) is 0.533. The van der Waals surface area contributed by atoms with Gasteiger partial charge in [0.25, 0.3) is 0 Å². The Hall–Kier alpha value is -2.90. The molecule has 0 heterocycles. The first-order chi connectivity index (χ1) is 17.7. The van der Waals surface area contributed by atoms with Crippen LogP contribution in [-0.4, -0.2) is 44.0 Å². The Labute approximate surface area is 221 Å². The van der Waals surface area contributed by atoms with E-state index >= 15 is 0 Å². The second kappa shape index (κ2) is 14.7. The van der Waals surface area contributed by atoms with E-state index in [1.165, 1.54) is 18.4 Å².